The summed E-state index contributed by atoms with van der Waals surface area (Å²) in [7, 11) is 1.54. The fraction of sp³-hybridized carbons (Fsp3) is 0.207. The first-order chi connectivity index (χ1) is 16.7. The van der Waals surface area contributed by atoms with Crippen LogP contribution in [0, 0.1) is 20.8 Å². The fourth-order valence-electron chi connectivity index (χ4n) is 4.05. The maximum atomic E-state index is 13.4. The summed E-state index contributed by atoms with van der Waals surface area (Å²) in [6.45, 7) is 7.44. The maximum absolute atomic E-state index is 13.4. The minimum Gasteiger partial charge on any atom is -0.448 e. The Balaban J connectivity index is 1.72. The Morgan fingerprint density at radius 3 is 2.20 bits per heavy atom. The number of amides is 1. The van der Waals surface area contributed by atoms with Crippen LogP contribution in [-0.2, 0) is 16.6 Å². The second-order valence-corrected chi connectivity index (χ2v) is 8.84. The van der Waals surface area contributed by atoms with Crippen LogP contribution in [0.25, 0.3) is 21.9 Å². The van der Waals surface area contributed by atoms with Crippen molar-refractivity contribution in [3.8, 4) is 11.1 Å². The third-order valence-electron chi connectivity index (χ3n) is 6.26. The third kappa shape index (κ3) is 4.73. The molecule has 1 unspecified atom stereocenters. The van der Waals surface area contributed by atoms with Crippen molar-refractivity contribution in [2.24, 2.45) is 7.05 Å². The van der Waals surface area contributed by atoms with Crippen molar-refractivity contribution in [2.45, 2.75) is 33.8 Å². The Kier molecular flexibility index (Phi) is 6.56. The van der Waals surface area contributed by atoms with Gasteiger partial charge in [0.15, 0.2) is 6.10 Å². The number of pyridine rings is 1. The number of carbonyl (C=O) groups is 2. The van der Waals surface area contributed by atoms with Crippen LogP contribution in [-0.4, -0.2) is 22.5 Å². The van der Waals surface area contributed by atoms with Crippen molar-refractivity contribution in [2.75, 3.05) is 5.32 Å². The molecule has 0 aliphatic rings. The lowest BCUT2D eigenvalue weighted by molar-refractivity contribution is -0.123. The summed E-state index contributed by atoms with van der Waals surface area (Å²) >= 11 is 0. The van der Waals surface area contributed by atoms with Crippen LogP contribution < -0.4 is 10.9 Å². The zero-order valence-electron chi connectivity index (χ0n) is 20.5. The second-order valence-electron chi connectivity index (χ2n) is 8.84. The molecule has 0 saturated heterocycles. The van der Waals surface area contributed by atoms with Gasteiger partial charge in [-0.2, -0.15) is 0 Å². The molecule has 6 heteroatoms. The summed E-state index contributed by atoms with van der Waals surface area (Å²) in [6.07, 6.45) is -1.07. The van der Waals surface area contributed by atoms with E-state index in [0.717, 1.165) is 22.3 Å². The Labute approximate surface area is 204 Å². The van der Waals surface area contributed by atoms with Gasteiger partial charge in [0.1, 0.15) is 5.69 Å². The van der Waals surface area contributed by atoms with Crippen LogP contribution in [0.2, 0.25) is 0 Å². The average Bonchev–Trinajstić information content (AvgIpc) is 2.84. The highest BCUT2D eigenvalue weighted by atomic mass is 16.5. The highest BCUT2D eigenvalue weighted by Gasteiger charge is 2.26. The number of hydrogen-bond acceptors (Lipinski definition) is 4. The standard InChI is InChI=1S/C29H28N2O4/c1-17-10-13-21(14-11-17)25-23-8-6-7-9-24(23)28(33)31(5)26(25)29(34)35-20(4)27(32)30-22-15-12-18(2)19(3)16-22/h6-16,20H,1-5H3,(H,30,32). The van der Waals surface area contributed by atoms with Gasteiger partial charge < -0.3 is 14.6 Å². The van der Waals surface area contributed by atoms with E-state index in [4.69, 9.17) is 4.74 Å². The minimum absolute atomic E-state index is 0.100. The summed E-state index contributed by atoms with van der Waals surface area (Å²) in [5.41, 5.74) is 5.02. The number of aromatic nitrogens is 1. The largest absolute Gasteiger partial charge is 0.448 e. The van der Waals surface area contributed by atoms with Gasteiger partial charge in [0, 0.05) is 23.7 Å². The lowest BCUT2D eigenvalue weighted by Gasteiger charge is -2.19. The Morgan fingerprint density at radius 2 is 1.54 bits per heavy atom. The number of hydrogen-bond donors (Lipinski definition) is 1. The van der Waals surface area contributed by atoms with Gasteiger partial charge in [-0.25, -0.2) is 4.79 Å². The Morgan fingerprint density at radius 1 is 0.886 bits per heavy atom. The molecule has 3 aromatic carbocycles. The van der Waals surface area contributed by atoms with Gasteiger partial charge >= 0.3 is 5.97 Å². The molecular formula is C29H28N2O4. The zero-order valence-corrected chi connectivity index (χ0v) is 20.5. The Hall–Kier alpha value is -4.19. The minimum atomic E-state index is -1.07. The molecular weight excluding hydrogens is 440 g/mol. The lowest BCUT2D eigenvalue weighted by atomic mass is 9.96. The summed E-state index contributed by atoms with van der Waals surface area (Å²) in [4.78, 5) is 39.3. The molecule has 0 spiro atoms. The SMILES string of the molecule is Cc1ccc(-c2c(C(=O)OC(C)C(=O)Nc3ccc(C)c(C)c3)n(C)c(=O)c3ccccc23)cc1. The Bertz CT molecular complexity index is 1500. The van der Waals surface area contributed by atoms with E-state index in [9.17, 15) is 14.4 Å². The first-order valence-electron chi connectivity index (χ1n) is 11.4. The third-order valence-corrected chi connectivity index (χ3v) is 6.26. The summed E-state index contributed by atoms with van der Waals surface area (Å²) in [6, 6.07) is 20.5. The molecule has 0 bridgehead atoms. The average molecular weight is 469 g/mol. The first-order valence-corrected chi connectivity index (χ1v) is 11.4. The molecule has 178 valence electrons. The van der Waals surface area contributed by atoms with Crippen LogP contribution in [0.3, 0.4) is 0 Å². The monoisotopic (exact) mass is 468 g/mol. The van der Waals surface area contributed by atoms with E-state index in [-0.39, 0.29) is 11.3 Å². The second kappa shape index (κ2) is 9.58. The fourth-order valence-corrected chi connectivity index (χ4v) is 4.05. The molecule has 1 N–H and O–H groups in total. The van der Waals surface area contributed by atoms with Crippen molar-refractivity contribution in [3.05, 3.63) is 99.5 Å². The lowest BCUT2D eigenvalue weighted by Crippen LogP contribution is -2.33. The van der Waals surface area contributed by atoms with Crippen molar-refractivity contribution in [1.82, 2.24) is 4.57 Å². The molecule has 0 radical (unpaired) electrons. The first kappa shape index (κ1) is 24.0. The molecule has 0 aliphatic heterocycles. The van der Waals surface area contributed by atoms with Crippen LogP contribution in [0.15, 0.2) is 71.5 Å². The van der Waals surface area contributed by atoms with E-state index in [1.807, 2.05) is 69.3 Å². The van der Waals surface area contributed by atoms with Crippen molar-refractivity contribution >= 4 is 28.3 Å². The number of esters is 1. The molecule has 1 atom stereocenters. The van der Waals surface area contributed by atoms with E-state index < -0.39 is 18.0 Å². The summed E-state index contributed by atoms with van der Waals surface area (Å²) < 4.78 is 6.88. The van der Waals surface area contributed by atoms with Gasteiger partial charge in [0.05, 0.1) is 0 Å². The number of nitrogens with one attached hydrogen (secondary N) is 1. The van der Waals surface area contributed by atoms with Crippen LogP contribution in [0.5, 0.6) is 0 Å². The van der Waals surface area contributed by atoms with Crippen molar-refractivity contribution in [1.29, 1.82) is 0 Å². The predicted molar refractivity (Wildman–Crippen MR) is 139 cm³/mol. The molecule has 35 heavy (non-hydrogen) atoms. The normalized spacial score (nSPS) is 11.8. The molecule has 1 heterocycles. The number of nitrogens with zero attached hydrogens (tertiary/aromatic N) is 1. The van der Waals surface area contributed by atoms with Crippen molar-refractivity contribution < 1.29 is 14.3 Å². The molecule has 4 aromatic rings. The van der Waals surface area contributed by atoms with Crippen molar-refractivity contribution in [3.63, 3.8) is 0 Å². The van der Waals surface area contributed by atoms with Gasteiger partial charge in [-0.15, -0.1) is 0 Å². The van der Waals surface area contributed by atoms with Crippen LogP contribution >= 0.6 is 0 Å². The number of rotatable bonds is 5. The summed E-state index contributed by atoms with van der Waals surface area (Å²) in [5.74, 6) is -1.20. The van der Waals surface area contributed by atoms with Gasteiger partial charge in [0.25, 0.3) is 11.5 Å². The van der Waals surface area contributed by atoms with Crippen LogP contribution in [0.4, 0.5) is 5.69 Å². The van der Waals surface area contributed by atoms with E-state index in [1.54, 1.807) is 25.2 Å². The molecule has 4 rings (SSSR count). The highest BCUT2D eigenvalue weighted by Crippen LogP contribution is 2.31. The maximum Gasteiger partial charge on any atom is 0.356 e. The van der Waals surface area contributed by atoms with Gasteiger partial charge in [-0.1, -0.05) is 54.1 Å². The smallest absolute Gasteiger partial charge is 0.356 e. The van der Waals surface area contributed by atoms with E-state index in [0.29, 0.717) is 22.0 Å². The number of anilines is 1. The van der Waals surface area contributed by atoms with Gasteiger partial charge in [0.2, 0.25) is 0 Å². The number of benzene rings is 3. The molecule has 0 saturated carbocycles. The van der Waals surface area contributed by atoms with Gasteiger partial charge in [-0.05, 0) is 68.0 Å². The molecule has 1 amide bonds. The zero-order chi connectivity index (χ0) is 25.3. The topological polar surface area (TPSA) is 77.4 Å². The molecule has 0 fully saturated rings. The molecule has 6 nitrogen and oxygen atoms in total. The number of aryl methyl sites for hydroxylation is 3. The summed E-state index contributed by atoms with van der Waals surface area (Å²) in [5, 5.41) is 3.94. The number of carbonyl (C=O) groups excluding carboxylic acids is 2. The van der Waals surface area contributed by atoms with Gasteiger partial charge in [-0.3, -0.25) is 9.59 Å². The van der Waals surface area contributed by atoms with Crippen LogP contribution in [0.1, 0.15) is 34.1 Å². The van der Waals surface area contributed by atoms with E-state index in [2.05, 4.69) is 5.32 Å². The quantitative estimate of drug-likeness (QED) is 0.403. The van der Waals surface area contributed by atoms with E-state index in [1.165, 1.54) is 11.5 Å². The number of ether oxygens (including phenoxy) is 1. The number of fused-ring (bicyclic) bond motifs is 1. The molecule has 1 aromatic heterocycles. The van der Waals surface area contributed by atoms with E-state index >= 15 is 0 Å². The highest BCUT2D eigenvalue weighted by molar-refractivity contribution is 6.07. The molecule has 0 aliphatic carbocycles. The predicted octanol–water partition coefficient (Wildman–Crippen LogP) is 5.31.